The third kappa shape index (κ3) is 8.98. The molecule has 2 aliphatic rings. The number of phenols is 1. The summed E-state index contributed by atoms with van der Waals surface area (Å²) in [6.07, 6.45) is -1.81. The Balaban J connectivity index is 1.28. The predicted molar refractivity (Wildman–Crippen MR) is 163 cm³/mol. The number of benzene rings is 2. The van der Waals surface area contributed by atoms with Crippen molar-refractivity contribution in [2.24, 2.45) is 11.3 Å². The second-order valence-electron chi connectivity index (χ2n) is 12.8. The number of rotatable bonds is 14. The maximum Gasteiger partial charge on any atom is 0.453 e. The number of fused-ring (bicyclic) bond motifs is 1. The largest absolute Gasteiger partial charge is 0.508 e. The van der Waals surface area contributed by atoms with Gasteiger partial charge in [0.1, 0.15) is 17.6 Å². The first-order valence-corrected chi connectivity index (χ1v) is 17.2. The summed E-state index contributed by atoms with van der Waals surface area (Å²) < 4.78 is 86.4. The molecule has 250 valence electrons. The van der Waals surface area contributed by atoms with Gasteiger partial charge in [-0.2, -0.15) is 22.0 Å². The number of phenolic OH excluding ortho intramolecular Hbond substituents is 1. The summed E-state index contributed by atoms with van der Waals surface area (Å²) in [5.41, 5.74) is 2.22. The molecule has 5 nitrogen and oxygen atoms in total. The average molecular weight is 659 g/mol. The molecule has 2 aromatic carbocycles. The van der Waals surface area contributed by atoms with Crippen LogP contribution in [0.5, 0.6) is 11.5 Å². The van der Waals surface area contributed by atoms with Crippen LogP contribution in [0, 0.1) is 11.3 Å². The highest BCUT2D eigenvalue weighted by Gasteiger charge is 2.56. The molecule has 2 unspecified atom stereocenters. The molecule has 4 rings (SSSR count). The molecular formula is C34H43F5O5S. The van der Waals surface area contributed by atoms with Crippen molar-refractivity contribution in [1.29, 1.82) is 0 Å². The van der Waals surface area contributed by atoms with Gasteiger partial charge in [-0.3, -0.25) is 9.00 Å². The van der Waals surface area contributed by atoms with E-state index in [-0.39, 0.29) is 46.6 Å². The van der Waals surface area contributed by atoms with E-state index in [0.717, 1.165) is 25.7 Å². The monoisotopic (exact) mass is 658 g/mol. The zero-order valence-corrected chi connectivity index (χ0v) is 26.6. The smallest absolute Gasteiger partial charge is 0.453 e. The van der Waals surface area contributed by atoms with E-state index in [9.17, 15) is 36.1 Å². The van der Waals surface area contributed by atoms with Crippen molar-refractivity contribution in [1.82, 2.24) is 0 Å². The molecule has 2 aromatic rings. The van der Waals surface area contributed by atoms with Gasteiger partial charge in [0.2, 0.25) is 0 Å². The number of esters is 1. The zero-order chi connectivity index (χ0) is 32.8. The van der Waals surface area contributed by atoms with E-state index in [0.29, 0.717) is 37.5 Å². The number of carbonyl (C=O) groups is 1. The molecule has 0 spiro atoms. The van der Waals surface area contributed by atoms with E-state index in [1.165, 1.54) is 18.1 Å². The highest BCUT2D eigenvalue weighted by molar-refractivity contribution is 7.84. The summed E-state index contributed by atoms with van der Waals surface area (Å²) in [4.78, 5) is 11.9. The molecule has 0 heterocycles. The summed E-state index contributed by atoms with van der Waals surface area (Å²) in [6.45, 7) is 4.15. The summed E-state index contributed by atoms with van der Waals surface area (Å²) in [6, 6.07) is 15.5. The van der Waals surface area contributed by atoms with Crippen molar-refractivity contribution >= 4 is 16.8 Å². The van der Waals surface area contributed by atoms with Gasteiger partial charge >= 0.3 is 18.1 Å². The Morgan fingerprint density at radius 3 is 2.18 bits per heavy atom. The minimum atomic E-state index is -5.58. The molecule has 2 aliphatic carbocycles. The van der Waals surface area contributed by atoms with Crippen LogP contribution >= 0.6 is 0 Å². The number of halogens is 5. The number of ether oxygens (including phenoxy) is 2. The summed E-state index contributed by atoms with van der Waals surface area (Å²) in [5, 5.41) is 9.87. The lowest BCUT2D eigenvalue weighted by atomic mass is 9.58. The lowest BCUT2D eigenvalue weighted by molar-refractivity contribution is -0.284. The van der Waals surface area contributed by atoms with Crippen LogP contribution in [0.4, 0.5) is 22.0 Å². The minimum Gasteiger partial charge on any atom is -0.508 e. The molecule has 1 N–H and O–H groups in total. The molecule has 2 saturated carbocycles. The number of hydrogen-bond acceptors (Lipinski definition) is 5. The van der Waals surface area contributed by atoms with E-state index in [4.69, 9.17) is 9.47 Å². The SMILES string of the molecule is CC(=O)O[C@@H]1CC[C@H]2CC(c3ccc(O)cc3)[C@@H](c3ccc(OCCCCCS(=O)CCCC(F)(F)C(F)(F)F)cc3)C[C@@]21C. The number of aromatic hydroxyl groups is 1. The Kier molecular flexibility index (Phi) is 11.6. The normalized spacial score (nSPS) is 25.8. The Hall–Kier alpha value is -2.69. The van der Waals surface area contributed by atoms with Crippen LogP contribution < -0.4 is 4.74 Å². The fraction of sp³-hybridized carbons (Fsp3) is 0.618. The van der Waals surface area contributed by atoms with Crippen LogP contribution in [0.15, 0.2) is 48.5 Å². The molecule has 0 amide bonds. The number of carbonyl (C=O) groups excluding carboxylic acids is 1. The molecule has 0 aromatic heterocycles. The topological polar surface area (TPSA) is 72.8 Å². The molecular weight excluding hydrogens is 615 g/mol. The van der Waals surface area contributed by atoms with Gasteiger partial charge in [-0.1, -0.05) is 31.2 Å². The predicted octanol–water partition coefficient (Wildman–Crippen LogP) is 8.68. The van der Waals surface area contributed by atoms with Crippen LogP contribution in [0.25, 0.3) is 0 Å². The van der Waals surface area contributed by atoms with Crippen LogP contribution in [0.1, 0.15) is 94.6 Å². The van der Waals surface area contributed by atoms with Crippen molar-refractivity contribution in [2.45, 2.75) is 102 Å². The van der Waals surface area contributed by atoms with Crippen molar-refractivity contribution in [3.8, 4) is 11.5 Å². The third-order valence-electron chi connectivity index (χ3n) is 9.63. The summed E-state index contributed by atoms with van der Waals surface area (Å²) in [5.74, 6) is -3.11. The molecule has 45 heavy (non-hydrogen) atoms. The Bertz CT molecular complexity index is 1280. The van der Waals surface area contributed by atoms with Gasteiger partial charge in [-0.15, -0.1) is 0 Å². The first kappa shape index (κ1) is 35.2. The maximum absolute atomic E-state index is 13.0. The molecule has 2 fully saturated rings. The molecule has 0 saturated heterocycles. The Morgan fingerprint density at radius 1 is 0.911 bits per heavy atom. The van der Waals surface area contributed by atoms with Gasteiger partial charge in [0.05, 0.1) is 6.61 Å². The van der Waals surface area contributed by atoms with Crippen LogP contribution in [-0.4, -0.2) is 51.6 Å². The first-order valence-electron chi connectivity index (χ1n) is 15.7. The van der Waals surface area contributed by atoms with Crippen LogP contribution in [0.3, 0.4) is 0 Å². The van der Waals surface area contributed by atoms with E-state index < -0.39 is 35.7 Å². The van der Waals surface area contributed by atoms with Gasteiger partial charge in [0, 0.05) is 41.1 Å². The van der Waals surface area contributed by atoms with Gasteiger partial charge in [-0.05, 0) is 105 Å². The fourth-order valence-electron chi connectivity index (χ4n) is 7.12. The molecule has 0 radical (unpaired) electrons. The lowest BCUT2D eigenvalue weighted by Gasteiger charge is -2.47. The zero-order valence-electron chi connectivity index (χ0n) is 25.8. The first-order chi connectivity index (χ1) is 21.2. The second kappa shape index (κ2) is 14.8. The van der Waals surface area contributed by atoms with Gasteiger partial charge in [0.15, 0.2) is 0 Å². The van der Waals surface area contributed by atoms with Crippen LogP contribution in [0.2, 0.25) is 0 Å². The lowest BCUT2D eigenvalue weighted by Crippen LogP contribution is -2.42. The van der Waals surface area contributed by atoms with E-state index >= 15 is 0 Å². The third-order valence-corrected chi connectivity index (χ3v) is 11.1. The van der Waals surface area contributed by atoms with Gasteiger partial charge in [0.25, 0.3) is 0 Å². The molecule has 6 atom stereocenters. The van der Waals surface area contributed by atoms with Gasteiger partial charge < -0.3 is 14.6 Å². The highest BCUT2D eigenvalue weighted by atomic mass is 32.2. The molecule has 0 aliphatic heterocycles. The maximum atomic E-state index is 13.0. The Labute approximate surface area is 264 Å². The van der Waals surface area contributed by atoms with Crippen LogP contribution in [-0.2, 0) is 20.3 Å². The summed E-state index contributed by atoms with van der Waals surface area (Å²) in [7, 11) is -1.44. The number of alkyl halides is 5. The van der Waals surface area contributed by atoms with Crippen molar-refractivity contribution in [2.75, 3.05) is 18.1 Å². The number of hydrogen-bond donors (Lipinski definition) is 1. The Morgan fingerprint density at radius 2 is 1.53 bits per heavy atom. The second-order valence-corrected chi connectivity index (χ2v) is 14.5. The van der Waals surface area contributed by atoms with E-state index in [1.54, 1.807) is 12.1 Å². The van der Waals surface area contributed by atoms with Crippen molar-refractivity contribution < 1.29 is 45.5 Å². The fourth-order valence-corrected chi connectivity index (χ4v) is 8.32. The van der Waals surface area contributed by atoms with Crippen molar-refractivity contribution in [3.63, 3.8) is 0 Å². The molecule has 0 bridgehead atoms. The summed E-state index contributed by atoms with van der Waals surface area (Å²) >= 11 is 0. The van der Waals surface area contributed by atoms with E-state index in [1.807, 2.05) is 24.3 Å². The minimum absolute atomic E-state index is 0.109. The van der Waals surface area contributed by atoms with E-state index in [2.05, 4.69) is 19.1 Å². The highest BCUT2D eigenvalue weighted by Crippen LogP contribution is 2.61. The van der Waals surface area contributed by atoms with Gasteiger partial charge in [-0.25, -0.2) is 0 Å². The average Bonchev–Trinajstić information content (AvgIpc) is 3.28. The molecule has 11 heteroatoms. The number of unbranched alkanes of at least 4 members (excludes halogenated alkanes) is 2. The standard InChI is InChI=1S/C34H43F5O5S/c1-23(40)44-31-16-11-26-21-29(24-7-12-27(41)13-8-24)30(22-32(26,31)2)25-9-14-28(15-10-25)43-18-4-3-5-19-45(42)20-6-17-33(35,36)34(37,38)39/h7-10,12-15,26,29-31,41H,3-6,11,16-22H2,1-2H3/t26-,29?,30+,31+,32-,45?/m0/s1. The quantitative estimate of drug-likeness (QED) is 0.125. The van der Waals surface area contributed by atoms with Crippen molar-refractivity contribution in [3.05, 3.63) is 59.7 Å².